The lowest BCUT2D eigenvalue weighted by Gasteiger charge is -2.15. The molecule has 0 aliphatic heterocycles. The smallest absolute Gasteiger partial charge is 0.275 e. The monoisotopic (exact) mass is 298 g/mol. The van der Waals surface area contributed by atoms with Gasteiger partial charge in [-0.2, -0.15) is 0 Å². The van der Waals surface area contributed by atoms with Crippen LogP contribution in [0.3, 0.4) is 0 Å². The van der Waals surface area contributed by atoms with Crippen molar-refractivity contribution in [3.05, 3.63) is 46.4 Å². The first-order valence-electron chi connectivity index (χ1n) is 7.51. The Labute approximate surface area is 128 Å². The second-order valence-corrected chi connectivity index (χ2v) is 5.50. The average Bonchev–Trinajstić information content (AvgIpc) is 3.38. The van der Waals surface area contributed by atoms with Crippen LogP contribution in [-0.2, 0) is 4.79 Å². The Balaban J connectivity index is 1.84. The summed E-state index contributed by atoms with van der Waals surface area (Å²) in [5.74, 6) is 0.530. The fourth-order valence-electron chi connectivity index (χ4n) is 2.30. The molecule has 0 bridgehead atoms. The lowest BCUT2D eigenvalue weighted by atomic mass is 10.1. The third kappa shape index (κ3) is 3.05. The van der Waals surface area contributed by atoms with Crippen molar-refractivity contribution < 1.29 is 4.79 Å². The maximum atomic E-state index is 12.3. The molecular weight excluding hydrogens is 280 g/mol. The van der Waals surface area contributed by atoms with E-state index in [4.69, 9.17) is 0 Å². The fourth-order valence-corrected chi connectivity index (χ4v) is 2.30. The Morgan fingerprint density at radius 2 is 2.05 bits per heavy atom. The van der Waals surface area contributed by atoms with Gasteiger partial charge in [0.15, 0.2) is 11.5 Å². The van der Waals surface area contributed by atoms with Gasteiger partial charge in [-0.25, -0.2) is 0 Å². The number of nitrogens with zero attached hydrogens (tertiary/aromatic N) is 2. The summed E-state index contributed by atoms with van der Waals surface area (Å²) in [5.41, 5.74) is 0.752. The lowest BCUT2D eigenvalue weighted by Crippen LogP contribution is -2.34. The van der Waals surface area contributed by atoms with Crippen LogP contribution in [0.1, 0.15) is 37.9 Å². The highest BCUT2D eigenvalue weighted by molar-refractivity contribution is 5.81. The molecule has 1 fully saturated rings. The van der Waals surface area contributed by atoms with Gasteiger partial charge in [-0.15, -0.1) is 10.2 Å². The van der Waals surface area contributed by atoms with E-state index in [-0.39, 0.29) is 23.1 Å². The third-order valence-electron chi connectivity index (χ3n) is 3.77. The van der Waals surface area contributed by atoms with Crippen molar-refractivity contribution in [1.29, 1.82) is 0 Å². The number of aromatic amines is 1. The molecule has 6 heteroatoms. The molecule has 22 heavy (non-hydrogen) atoms. The Morgan fingerprint density at radius 1 is 1.32 bits per heavy atom. The summed E-state index contributed by atoms with van der Waals surface area (Å²) in [6, 6.07) is 8.94. The van der Waals surface area contributed by atoms with Gasteiger partial charge in [-0.05, 0) is 19.3 Å². The van der Waals surface area contributed by atoms with Gasteiger partial charge in [0.1, 0.15) is 0 Å². The normalized spacial score (nSPS) is 15.3. The first kappa shape index (κ1) is 14.4. The molecule has 1 aliphatic rings. The maximum absolute atomic E-state index is 12.3. The van der Waals surface area contributed by atoms with Gasteiger partial charge < -0.3 is 10.3 Å². The summed E-state index contributed by atoms with van der Waals surface area (Å²) in [5, 5.41) is 11.0. The summed E-state index contributed by atoms with van der Waals surface area (Å²) in [6.07, 6.45) is 2.45. The predicted molar refractivity (Wildman–Crippen MR) is 82.0 cm³/mol. The van der Waals surface area contributed by atoms with Crippen LogP contribution in [0.15, 0.2) is 35.1 Å². The Bertz CT molecular complexity index is 722. The molecule has 1 saturated carbocycles. The molecule has 0 spiro atoms. The number of aromatic nitrogens is 3. The van der Waals surface area contributed by atoms with E-state index in [2.05, 4.69) is 20.5 Å². The minimum Gasteiger partial charge on any atom is -0.347 e. The largest absolute Gasteiger partial charge is 0.347 e. The number of rotatable bonds is 5. The van der Waals surface area contributed by atoms with Gasteiger partial charge in [-0.1, -0.05) is 37.3 Å². The predicted octanol–water partition coefficient (Wildman–Crippen LogP) is 1.81. The van der Waals surface area contributed by atoms with Crippen LogP contribution in [0.5, 0.6) is 0 Å². The van der Waals surface area contributed by atoms with Crippen molar-refractivity contribution in [2.75, 3.05) is 0 Å². The topological polar surface area (TPSA) is 87.7 Å². The van der Waals surface area contributed by atoms with Crippen molar-refractivity contribution in [3.8, 4) is 11.4 Å². The SMILES string of the molecule is CCC(NC(=O)C1CC1)c1nnc(-c2ccccc2)[nH]c1=O. The molecule has 3 rings (SSSR count). The van der Waals surface area contributed by atoms with E-state index in [1.54, 1.807) is 0 Å². The van der Waals surface area contributed by atoms with E-state index in [9.17, 15) is 9.59 Å². The van der Waals surface area contributed by atoms with Crippen molar-refractivity contribution >= 4 is 5.91 Å². The lowest BCUT2D eigenvalue weighted by molar-refractivity contribution is -0.123. The highest BCUT2D eigenvalue weighted by Gasteiger charge is 2.31. The number of amides is 1. The number of hydrogen-bond donors (Lipinski definition) is 2. The highest BCUT2D eigenvalue weighted by atomic mass is 16.2. The van der Waals surface area contributed by atoms with Crippen LogP contribution < -0.4 is 10.9 Å². The molecule has 2 N–H and O–H groups in total. The number of nitrogens with one attached hydrogen (secondary N) is 2. The molecule has 1 amide bonds. The van der Waals surface area contributed by atoms with Crippen LogP contribution in [0.2, 0.25) is 0 Å². The minimum absolute atomic E-state index is 0.000172. The zero-order valence-electron chi connectivity index (χ0n) is 12.4. The van der Waals surface area contributed by atoms with Crippen LogP contribution in [0.4, 0.5) is 0 Å². The zero-order chi connectivity index (χ0) is 15.5. The zero-order valence-corrected chi connectivity index (χ0v) is 12.4. The third-order valence-corrected chi connectivity index (χ3v) is 3.77. The average molecular weight is 298 g/mol. The Kier molecular flexibility index (Phi) is 4.00. The standard InChI is InChI=1S/C16H18N4O2/c1-2-12(17-15(21)11-8-9-11)13-16(22)18-14(20-19-13)10-6-4-3-5-7-10/h3-7,11-12H,2,8-9H2,1H3,(H,17,21)(H,18,20,22). The van der Waals surface area contributed by atoms with Gasteiger partial charge >= 0.3 is 0 Å². The van der Waals surface area contributed by atoms with E-state index in [1.807, 2.05) is 37.3 Å². The van der Waals surface area contributed by atoms with Crippen molar-refractivity contribution in [2.45, 2.75) is 32.2 Å². The van der Waals surface area contributed by atoms with E-state index in [0.717, 1.165) is 18.4 Å². The van der Waals surface area contributed by atoms with Crippen molar-refractivity contribution in [2.24, 2.45) is 5.92 Å². The molecule has 1 aromatic carbocycles. The number of carbonyl (C=O) groups is 1. The molecule has 0 radical (unpaired) electrons. The Hall–Kier alpha value is -2.50. The van der Waals surface area contributed by atoms with Crippen molar-refractivity contribution in [1.82, 2.24) is 20.5 Å². The summed E-state index contributed by atoms with van der Waals surface area (Å²) in [7, 11) is 0. The van der Waals surface area contributed by atoms with Crippen LogP contribution in [0, 0.1) is 5.92 Å². The quantitative estimate of drug-likeness (QED) is 0.881. The van der Waals surface area contributed by atoms with Crippen LogP contribution in [0.25, 0.3) is 11.4 Å². The first-order chi connectivity index (χ1) is 10.7. The first-order valence-corrected chi connectivity index (χ1v) is 7.51. The van der Waals surface area contributed by atoms with Crippen LogP contribution >= 0.6 is 0 Å². The minimum atomic E-state index is -0.394. The summed E-state index contributed by atoms with van der Waals surface area (Å²) in [4.78, 5) is 26.9. The highest BCUT2D eigenvalue weighted by Crippen LogP contribution is 2.29. The number of carbonyl (C=O) groups excluding carboxylic acids is 1. The molecule has 1 heterocycles. The van der Waals surface area contributed by atoms with E-state index in [0.29, 0.717) is 12.2 Å². The fraction of sp³-hybridized carbons (Fsp3) is 0.375. The van der Waals surface area contributed by atoms with Gasteiger partial charge in [0, 0.05) is 11.5 Å². The molecule has 1 aromatic heterocycles. The molecule has 0 saturated heterocycles. The van der Waals surface area contributed by atoms with E-state index < -0.39 is 6.04 Å². The van der Waals surface area contributed by atoms with Gasteiger partial charge in [-0.3, -0.25) is 9.59 Å². The van der Waals surface area contributed by atoms with Gasteiger partial charge in [0.25, 0.3) is 5.56 Å². The maximum Gasteiger partial charge on any atom is 0.275 e. The molecule has 1 unspecified atom stereocenters. The second kappa shape index (κ2) is 6.09. The van der Waals surface area contributed by atoms with E-state index >= 15 is 0 Å². The number of benzene rings is 1. The number of hydrogen-bond acceptors (Lipinski definition) is 4. The van der Waals surface area contributed by atoms with Crippen molar-refractivity contribution in [3.63, 3.8) is 0 Å². The van der Waals surface area contributed by atoms with E-state index in [1.165, 1.54) is 0 Å². The molecule has 1 aliphatic carbocycles. The Morgan fingerprint density at radius 3 is 2.64 bits per heavy atom. The molecule has 1 atom stereocenters. The second-order valence-electron chi connectivity index (χ2n) is 5.50. The number of H-pyrrole nitrogens is 1. The summed E-state index contributed by atoms with van der Waals surface area (Å²) in [6.45, 7) is 1.91. The summed E-state index contributed by atoms with van der Waals surface area (Å²) >= 11 is 0. The van der Waals surface area contributed by atoms with Gasteiger partial charge in [0.05, 0.1) is 6.04 Å². The molecule has 2 aromatic rings. The molecular formula is C16H18N4O2. The van der Waals surface area contributed by atoms with Gasteiger partial charge in [0.2, 0.25) is 5.91 Å². The van der Waals surface area contributed by atoms with Crippen LogP contribution in [-0.4, -0.2) is 21.1 Å². The summed E-state index contributed by atoms with van der Waals surface area (Å²) < 4.78 is 0. The molecule has 6 nitrogen and oxygen atoms in total. The molecule has 114 valence electrons.